The number of hydrogen-bond acceptors (Lipinski definition) is 2. The molecular weight excluding hydrogens is 172 g/mol. The molecule has 84 valence electrons. The van der Waals surface area contributed by atoms with Gasteiger partial charge in [0.25, 0.3) is 0 Å². The number of likely N-dealkylation sites (tertiary alicyclic amines) is 1. The zero-order valence-electron chi connectivity index (χ0n) is 10.1. The first-order valence-corrected chi connectivity index (χ1v) is 6.22. The van der Waals surface area contributed by atoms with Crippen LogP contribution in [0.4, 0.5) is 0 Å². The van der Waals surface area contributed by atoms with Crippen molar-refractivity contribution in [2.45, 2.75) is 58.5 Å². The summed E-state index contributed by atoms with van der Waals surface area (Å²) >= 11 is 0. The zero-order chi connectivity index (χ0) is 10.4. The topological polar surface area (TPSA) is 15.3 Å². The van der Waals surface area contributed by atoms with Crippen LogP contribution in [0.5, 0.6) is 0 Å². The van der Waals surface area contributed by atoms with Crippen molar-refractivity contribution >= 4 is 0 Å². The van der Waals surface area contributed by atoms with Gasteiger partial charge in [0, 0.05) is 18.6 Å². The molecule has 2 atom stereocenters. The molecule has 0 radical (unpaired) electrons. The molecule has 1 aliphatic rings. The molecule has 0 saturated carbocycles. The molecule has 0 aliphatic carbocycles. The van der Waals surface area contributed by atoms with E-state index in [4.69, 9.17) is 0 Å². The number of piperidine rings is 1. The van der Waals surface area contributed by atoms with Crippen molar-refractivity contribution in [2.75, 3.05) is 19.6 Å². The van der Waals surface area contributed by atoms with Gasteiger partial charge < -0.3 is 5.32 Å². The summed E-state index contributed by atoms with van der Waals surface area (Å²) in [6.45, 7) is 10.6. The van der Waals surface area contributed by atoms with Gasteiger partial charge in [-0.2, -0.15) is 0 Å². The van der Waals surface area contributed by atoms with Crippen molar-refractivity contribution in [1.82, 2.24) is 10.2 Å². The third-order valence-corrected chi connectivity index (χ3v) is 3.29. The van der Waals surface area contributed by atoms with E-state index in [-0.39, 0.29) is 0 Å². The average molecular weight is 198 g/mol. The summed E-state index contributed by atoms with van der Waals surface area (Å²) in [7, 11) is 0. The lowest BCUT2D eigenvalue weighted by Gasteiger charge is -2.38. The lowest BCUT2D eigenvalue weighted by molar-refractivity contribution is 0.113. The second-order valence-electron chi connectivity index (χ2n) is 4.64. The quantitative estimate of drug-likeness (QED) is 0.682. The smallest absolute Gasteiger partial charge is 0.0195 e. The van der Waals surface area contributed by atoms with Crippen molar-refractivity contribution in [1.29, 1.82) is 0 Å². The maximum atomic E-state index is 3.51. The van der Waals surface area contributed by atoms with Gasteiger partial charge in [0.2, 0.25) is 0 Å². The van der Waals surface area contributed by atoms with Gasteiger partial charge in [-0.25, -0.2) is 0 Å². The molecule has 2 unspecified atom stereocenters. The van der Waals surface area contributed by atoms with E-state index in [2.05, 4.69) is 31.0 Å². The van der Waals surface area contributed by atoms with E-state index in [1.807, 2.05) is 0 Å². The number of rotatable bonds is 5. The SMILES string of the molecule is CCCNCC(C)N1CCCCC1C. The first-order valence-electron chi connectivity index (χ1n) is 6.22. The summed E-state index contributed by atoms with van der Waals surface area (Å²) in [5.74, 6) is 0. The van der Waals surface area contributed by atoms with E-state index in [1.165, 1.54) is 32.2 Å². The van der Waals surface area contributed by atoms with Crippen molar-refractivity contribution in [2.24, 2.45) is 0 Å². The Hall–Kier alpha value is -0.0800. The fourth-order valence-electron chi connectivity index (χ4n) is 2.38. The minimum atomic E-state index is 0.705. The maximum Gasteiger partial charge on any atom is 0.0195 e. The zero-order valence-corrected chi connectivity index (χ0v) is 10.1. The monoisotopic (exact) mass is 198 g/mol. The van der Waals surface area contributed by atoms with Crippen molar-refractivity contribution in [3.8, 4) is 0 Å². The second kappa shape index (κ2) is 6.41. The molecule has 1 N–H and O–H groups in total. The van der Waals surface area contributed by atoms with Crippen LogP contribution in [0.2, 0.25) is 0 Å². The van der Waals surface area contributed by atoms with Crippen LogP contribution in [0.1, 0.15) is 46.5 Å². The van der Waals surface area contributed by atoms with E-state index in [0.29, 0.717) is 6.04 Å². The molecule has 0 spiro atoms. The third kappa shape index (κ3) is 3.58. The molecule has 1 fully saturated rings. The summed E-state index contributed by atoms with van der Waals surface area (Å²) in [5.41, 5.74) is 0. The van der Waals surface area contributed by atoms with E-state index in [0.717, 1.165) is 19.1 Å². The van der Waals surface area contributed by atoms with Crippen LogP contribution in [0.15, 0.2) is 0 Å². The van der Waals surface area contributed by atoms with Crippen LogP contribution in [0, 0.1) is 0 Å². The predicted molar refractivity (Wildman–Crippen MR) is 62.6 cm³/mol. The van der Waals surface area contributed by atoms with Gasteiger partial charge in [-0.1, -0.05) is 13.3 Å². The van der Waals surface area contributed by atoms with Gasteiger partial charge in [-0.3, -0.25) is 4.90 Å². The van der Waals surface area contributed by atoms with Gasteiger partial charge in [0.1, 0.15) is 0 Å². The van der Waals surface area contributed by atoms with Gasteiger partial charge in [0.15, 0.2) is 0 Å². The molecule has 0 aromatic carbocycles. The van der Waals surface area contributed by atoms with Crippen LogP contribution in [-0.2, 0) is 0 Å². The molecule has 1 aliphatic heterocycles. The Morgan fingerprint density at radius 3 is 2.86 bits per heavy atom. The summed E-state index contributed by atoms with van der Waals surface area (Å²) < 4.78 is 0. The minimum Gasteiger partial charge on any atom is -0.315 e. The van der Waals surface area contributed by atoms with Crippen molar-refractivity contribution in [3.63, 3.8) is 0 Å². The largest absolute Gasteiger partial charge is 0.315 e. The number of nitrogens with zero attached hydrogens (tertiary/aromatic N) is 1. The molecule has 0 bridgehead atoms. The predicted octanol–water partition coefficient (Wildman–Crippen LogP) is 2.25. The Morgan fingerprint density at radius 1 is 1.43 bits per heavy atom. The second-order valence-corrected chi connectivity index (χ2v) is 4.64. The summed E-state index contributed by atoms with van der Waals surface area (Å²) in [6, 6.07) is 1.50. The molecule has 1 rings (SSSR count). The van der Waals surface area contributed by atoms with Crippen molar-refractivity contribution < 1.29 is 0 Å². The first kappa shape index (κ1) is 12.0. The molecule has 0 amide bonds. The number of hydrogen-bond donors (Lipinski definition) is 1. The van der Waals surface area contributed by atoms with Crippen LogP contribution in [0.3, 0.4) is 0 Å². The highest BCUT2D eigenvalue weighted by Crippen LogP contribution is 2.18. The maximum absolute atomic E-state index is 3.51. The van der Waals surface area contributed by atoms with Crippen LogP contribution in [-0.4, -0.2) is 36.6 Å². The Labute approximate surface area is 89.1 Å². The fraction of sp³-hybridized carbons (Fsp3) is 1.00. The normalized spacial score (nSPS) is 26.4. The number of nitrogens with one attached hydrogen (secondary N) is 1. The van der Waals surface area contributed by atoms with Crippen LogP contribution in [0.25, 0.3) is 0 Å². The van der Waals surface area contributed by atoms with Gasteiger partial charge in [0.05, 0.1) is 0 Å². The molecule has 1 saturated heterocycles. The van der Waals surface area contributed by atoms with Crippen LogP contribution < -0.4 is 5.32 Å². The van der Waals surface area contributed by atoms with E-state index < -0.39 is 0 Å². The summed E-state index contributed by atoms with van der Waals surface area (Å²) in [4.78, 5) is 2.66. The Kier molecular flexibility index (Phi) is 5.49. The molecule has 2 heteroatoms. The lowest BCUT2D eigenvalue weighted by atomic mass is 10.0. The van der Waals surface area contributed by atoms with Gasteiger partial charge in [-0.05, 0) is 46.2 Å². The Balaban J connectivity index is 2.23. The minimum absolute atomic E-state index is 0.705. The molecule has 0 aromatic rings. The Morgan fingerprint density at radius 2 is 2.21 bits per heavy atom. The molecular formula is C12H26N2. The fourth-order valence-corrected chi connectivity index (χ4v) is 2.38. The van der Waals surface area contributed by atoms with Gasteiger partial charge >= 0.3 is 0 Å². The molecule has 2 nitrogen and oxygen atoms in total. The van der Waals surface area contributed by atoms with E-state index in [1.54, 1.807) is 0 Å². The standard InChI is InChI=1S/C12H26N2/c1-4-8-13-10-12(3)14-9-6-5-7-11(14)2/h11-13H,4-10H2,1-3H3. The molecule has 14 heavy (non-hydrogen) atoms. The van der Waals surface area contributed by atoms with Crippen LogP contribution >= 0.6 is 0 Å². The lowest BCUT2D eigenvalue weighted by Crippen LogP contribution is -2.47. The third-order valence-electron chi connectivity index (χ3n) is 3.29. The van der Waals surface area contributed by atoms with Crippen molar-refractivity contribution in [3.05, 3.63) is 0 Å². The Bertz CT molecular complexity index is 147. The first-order chi connectivity index (χ1) is 6.75. The summed E-state index contributed by atoms with van der Waals surface area (Å²) in [6.07, 6.45) is 5.44. The highest BCUT2D eigenvalue weighted by Gasteiger charge is 2.22. The van der Waals surface area contributed by atoms with E-state index in [9.17, 15) is 0 Å². The highest BCUT2D eigenvalue weighted by molar-refractivity contribution is 4.78. The molecule has 0 aromatic heterocycles. The molecule has 1 heterocycles. The van der Waals surface area contributed by atoms with Gasteiger partial charge in [-0.15, -0.1) is 0 Å². The van der Waals surface area contributed by atoms with E-state index >= 15 is 0 Å². The summed E-state index contributed by atoms with van der Waals surface area (Å²) in [5, 5.41) is 3.51. The highest BCUT2D eigenvalue weighted by atomic mass is 15.2. The average Bonchev–Trinajstić information content (AvgIpc) is 2.18.